The highest BCUT2D eigenvalue weighted by atomic mass is 32.2. The van der Waals surface area contributed by atoms with Crippen LogP contribution in [0.3, 0.4) is 0 Å². The predicted molar refractivity (Wildman–Crippen MR) is 72.0 cm³/mol. The molecule has 2 N–H and O–H groups in total. The van der Waals surface area contributed by atoms with Crippen molar-refractivity contribution in [1.82, 2.24) is 0 Å². The summed E-state index contributed by atoms with van der Waals surface area (Å²) >= 11 is 1.12. The van der Waals surface area contributed by atoms with E-state index in [1.54, 1.807) is 39.8 Å². The number of halogens is 1. The van der Waals surface area contributed by atoms with Crippen molar-refractivity contribution in [2.24, 2.45) is 0 Å². The molecule has 5 heteroatoms. The monoisotopic (exact) mass is 271 g/mol. The van der Waals surface area contributed by atoms with Gasteiger partial charge in [-0.15, -0.1) is 11.8 Å². The van der Waals surface area contributed by atoms with Gasteiger partial charge in [-0.1, -0.05) is 0 Å². The third-order valence-corrected chi connectivity index (χ3v) is 3.13. The van der Waals surface area contributed by atoms with E-state index in [2.05, 4.69) is 0 Å². The second kappa shape index (κ2) is 5.61. The minimum atomic E-state index is -0.536. The number of benzene rings is 1. The molecule has 0 radical (unpaired) electrons. The van der Waals surface area contributed by atoms with Crippen molar-refractivity contribution in [3.63, 3.8) is 0 Å². The van der Waals surface area contributed by atoms with Crippen molar-refractivity contribution in [3.05, 3.63) is 24.0 Å². The van der Waals surface area contributed by atoms with E-state index in [1.807, 2.05) is 0 Å². The highest BCUT2D eigenvalue weighted by Gasteiger charge is 2.23. The maximum atomic E-state index is 13.6. The molecule has 1 rings (SSSR count). The average molecular weight is 271 g/mol. The molecule has 3 nitrogen and oxygen atoms in total. The van der Waals surface area contributed by atoms with E-state index in [0.29, 0.717) is 10.6 Å². The van der Waals surface area contributed by atoms with Crippen LogP contribution < -0.4 is 5.73 Å². The van der Waals surface area contributed by atoms with Gasteiger partial charge in [0.2, 0.25) is 0 Å². The quantitative estimate of drug-likeness (QED) is 0.521. The Bertz CT molecular complexity index is 443. The highest BCUT2D eigenvalue weighted by molar-refractivity contribution is 8.00. The number of nitrogens with two attached hydrogens (primary N) is 1. The summed E-state index contributed by atoms with van der Waals surface area (Å²) in [4.78, 5) is 12.1. The van der Waals surface area contributed by atoms with Gasteiger partial charge in [0.15, 0.2) is 0 Å². The second-order valence-corrected chi connectivity index (χ2v) is 6.37. The van der Waals surface area contributed by atoms with Crippen LogP contribution in [0.4, 0.5) is 10.1 Å². The fourth-order valence-electron chi connectivity index (χ4n) is 1.24. The zero-order chi connectivity index (χ0) is 13.9. The molecular formula is C13H18FNO2S. The molecular weight excluding hydrogens is 253 g/mol. The third-order valence-electron chi connectivity index (χ3n) is 2.00. The van der Waals surface area contributed by atoms with Crippen LogP contribution in [0.1, 0.15) is 27.7 Å². The maximum absolute atomic E-state index is 13.6. The summed E-state index contributed by atoms with van der Waals surface area (Å²) in [6.07, 6.45) is 0. The lowest BCUT2D eigenvalue weighted by Crippen LogP contribution is -2.28. The van der Waals surface area contributed by atoms with Gasteiger partial charge in [0.25, 0.3) is 0 Å². The van der Waals surface area contributed by atoms with Gasteiger partial charge in [-0.25, -0.2) is 4.39 Å². The Balaban J connectivity index is 2.69. The number of carbonyl (C=O) groups excluding carboxylic acids is 1. The summed E-state index contributed by atoms with van der Waals surface area (Å²) in [5.74, 6) is -0.779. The Morgan fingerprint density at radius 3 is 2.56 bits per heavy atom. The largest absolute Gasteiger partial charge is 0.459 e. The van der Waals surface area contributed by atoms with Gasteiger partial charge >= 0.3 is 5.97 Å². The Morgan fingerprint density at radius 2 is 2.06 bits per heavy atom. The Morgan fingerprint density at radius 1 is 1.44 bits per heavy atom. The van der Waals surface area contributed by atoms with Crippen LogP contribution in [0, 0.1) is 5.82 Å². The number of hydrogen-bond donors (Lipinski definition) is 1. The molecule has 0 bridgehead atoms. The van der Waals surface area contributed by atoms with Crippen LogP contribution in [0.25, 0.3) is 0 Å². The van der Waals surface area contributed by atoms with Crippen molar-refractivity contribution in [1.29, 1.82) is 0 Å². The van der Waals surface area contributed by atoms with Crippen LogP contribution in [-0.4, -0.2) is 16.8 Å². The smallest absolute Gasteiger partial charge is 0.319 e. The fourth-order valence-corrected chi connectivity index (χ4v) is 2.08. The second-order valence-electron chi connectivity index (χ2n) is 4.98. The average Bonchev–Trinajstić information content (AvgIpc) is 2.19. The van der Waals surface area contributed by atoms with Crippen molar-refractivity contribution >= 4 is 23.4 Å². The molecule has 1 atom stereocenters. The van der Waals surface area contributed by atoms with E-state index >= 15 is 0 Å². The summed E-state index contributed by atoms with van der Waals surface area (Å²) in [5, 5.41) is -0.470. The molecule has 0 spiro atoms. The number of thioether (sulfide) groups is 1. The van der Waals surface area contributed by atoms with Crippen molar-refractivity contribution in [2.45, 2.75) is 43.4 Å². The number of carbonyl (C=O) groups is 1. The fraction of sp³-hybridized carbons (Fsp3) is 0.462. The van der Waals surface area contributed by atoms with Gasteiger partial charge < -0.3 is 10.5 Å². The van der Waals surface area contributed by atoms with Gasteiger partial charge in [0.05, 0.1) is 0 Å². The SMILES string of the molecule is CC(Sc1ccc(N)cc1F)C(=O)OC(C)(C)C. The lowest BCUT2D eigenvalue weighted by atomic mass is 10.2. The Kier molecular flexibility index (Phi) is 4.62. The van der Waals surface area contributed by atoms with Gasteiger partial charge in [0, 0.05) is 10.6 Å². The molecule has 0 aliphatic rings. The number of rotatable bonds is 3. The minimum Gasteiger partial charge on any atom is -0.459 e. The van der Waals surface area contributed by atoms with Gasteiger partial charge in [-0.2, -0.15) is 0 Å². The number of ether oxygens (including phenoxy) is 1. The molecule has 0 heterocycles. The minimum absolute atomic E-state index is 0.358. The van der Waals surface area contributed by atoms with Crippen molar-refractivity contribution in [3.8, 4) is 0 Å². The molecule has 0 amide bonds. The first-order valence-electron chi connectivity index (χ1n) is 5.63. The molecule has 0 saturated heterocycles. The molecule has 1 aromatic carbocycles. The summed E-state index contributed by atoms with van der Waals surface area (Å²) in [7, 11) is 0. The Labute approximate surface area is 111 Å². The maximum Gasteiger partial charge on any atom is 0.319 e. The number of anilines is 1. The van der Waals surface area contributed by atoms with E-state index in [-0.39, 0.29) is 5.97 Å². The molecule has 0 aromatic heterocycles. The first kappa shape index (κ1) is 14.8. The zero-order valence-electron chi connectivity index (χ0n) is 11.0. The summed E-state index contributed by atoms with van der Waals surface area (Å²) < 4.78 is 18.8. The van der Waals surface area contributed by atoms with E-state index in [9.17, 15) is 9.18 Å². The normalized spacial score (nSPS) is 13.2. The van der Waals surface area contributed by atoms with Crippen molar-refractivity contribution in [2.75, 3.05) is 5.73 Å². The molecule has 1 aromatic rings. The Hall–Kier alpha value is -1.23. The standard InChI is InChI=1S/C13H18FNO2S/c1-8(12(16)17-13(2,3)4)18-11-6-5-9(15)7-10(11)14/h5-8H,15H2,1-4H3. The van der Waals surface area contributed by atoms with Gasteiger partial charge in [0.1, 0.15) is 16.7 Å². The molecule has 0 saturated carbocycles. The third kappa shape index (κ3) is 4.56. The van der Waals surface area contributed by atoms with E-state index in [4.69, 9.17) is 10.5 Å². The molecule has 0 aliphatic heterocycles. The predicted octanol–water partition coefficient (Wildman–Crippen LogP) is 3.23. The number of nitrogen functional groups attached to an aromatic ring is 1. The van der Waals surface area contributed by atoms with E-state index in [1.165, 1.54) is 6.07 Å². The lowest BCUT2D eigenvalue weighted by Gasteiger charge is -2.22. The van der Waals surface area contributed by atoms with Crippen LogP contribution in [0.15, 0.2) is 23.1 Å². The summed E-state index contributed by atoms with van der Waals surface area (Å²) in [5.41, 5.74) is 5.29. The van der Waals surface area contributed by atoms with Gasteiger partial charge in [-0.05, 0) is 45.9 Å². The summed E-state index contributed by atoms with van der Waals surface area (Å²) in [6, 6.07) is 4.41. The van der Waals surface area contributed by atoms with Crippen molar-refractivity contribution < 1.29 is 13.9 Å². The van der Waals surface area contributed by atoms with Crippen LogP contribution in [0.5, 0.6) is 0 Å². The topological polar surface area (TPSA) is 52.3 Å². The molecule has 0 fully saturated rings. The molecule has 18 heavy (non-hydrogen) atoms. The lowest BCUT2D eigenvalue weighted by molar-refractivity contribution is -0.153. The first-order chi connectivity index (χ1) is 8.19. The molecule has 0 aliphatic carbocycles. The van der Waals surface area contributed by atoms with E-state index in [0.717, 1.165) is 11.8 Å². The number of esters is 1. The number of hydrogen-bond acceptors (Lipinski definition) is 4. The highest BCUT2D eigenvalue weighted by Crippen LogP contribution is 2.28. The van der Waals surface area contributed by atoms with Crippen LogP contribution in [0.2, 0.25) is 0 Å². The van der Waals surface area contributed by atoms with Crippen LogP contribution in [-0.2, 0) is 9.53 Å². The zero-order valence-corrected chi connectivity index (χ0v) is 11.8. The van der Waals surface area contributed by atoms with Crippen LogP contribution >= 0.6 is 11.8 Å². The van der Waals surface area contributed by atoms with Gasteiger partial charge in [-0.3, -0.25) is 4.79 Å². The first-order valence-corrected chi connectivity index (χ1v) is 6.51. The molecule has 100 valence electrons. The molecule has 1 unspecified atom stereocenters. The summed E-state index contributed by atoms with van der Waals surface area (Å²) in [6.45, 7) is 7.08. The van der Waals surface area contributed by atoms with E-state index < -0.39 is 16.7 Å².